The number of amides is 1. The Kier molecular flexibility index (Phi) is 9.57. The molecule has 3 heterocycles. The summed E-state index contributed by atoms with van der Waals surface area (Å²) in [5.74, 6) is 2.05. The molecule has 0 saturated carbocycles. The third-order valence-electron chi connectivity index (χ3n) is 8.69. The summed E-state index contributed by atoms with van der Waals surface area (Å²) in [6.07, 6.45) is 1.84. The number of benzene rings is 3. The maximum Gasteiger partial charge on any atom is 0.253 e. The summed E-state index contributed by atoms with van der Waals surface area (Å²) in [4.78, 5) is 24.8. The van der Waals surface area contributed by atoms with Gasteiger partial charge in [0.15, 0.2) is 0 Å². The zero-order valence-corrected chi connectivity index (χ0v) is 25.7. The van der Waals surface area contributed by atoms with Crippen molar-refractivity contribution in [3.8, 4) is 0 Å². The van der Waals surface area contributed by atoms with Crippen LogP contribution in [0.3, 0.4) is 0 Å². The second kappa shape index (κ2) is 14.1. The number of rotatable bonds is 11. The van der Waals surface area contributed by atoms with E-state index >= 15 is 0 Å². The van der Waals surface area contributed by atoms with Crippen molar-refractivity contribution < 1.29 is 18.7 Å². The van der Waals surface area contributed by atoms with Crippen LogP contribution in [0.2, 0.25) is 0 Å². The highest BCUT2D eigenvalue weighted by molar-refractivity contribution is 5.94. The monoisotopic (exact) mass is 609 g/mol. The van der Waals surface area contributed by atoms with Crippen LogP contribution in [0.5, 0.6) is 0 Å². The summed E-state index contributed by atoms with van der Waals surface area (Å²) < 4.78 is 21.8. The molecule has 9 heteroatoms. The van der Waals surface area contributed by atoms with Gasteiger partial charge in [-0.3, -0.25) is 4.79 Å². The molecule has 1 atom stereocenters. The van der Waals surface area contributed by atoms with E-state index < -0.39 is 0 Å². The number of imidazole rings is 1. The van der Waals surface area contributed by atoms with Gasteiger partial charge in [-0.25, -0.2) is 9.37 Å². The van der Waals surface area contributed by atoms with Crippen molar-refractivity contribution in [1.29, 1.82) is 0 Å². The molecule has 1 fully saturated rings. The zero-order valence-electron chi connectivity index (χ0n) is 25.7. The van der Waals surface area contributed by atoms with E-state index in [0.717, 1.165) is 73.9 Å². The highest BCUT2D eigenvalue weighted by atomic mass is 19.1. The molecule has 234 valence electrons. The Morgan fingerprint density at radius 2 is 1.69 bits per heavy atom. The average molecular weight is 610 g/mol. The molecule has 8 nitrogen and oxygen atoms in total. The van der Waals surface area contributed by atoms with Gasteiger partial charge < -0.3 is 28.8 Å². The van der Waals surface area contributed by atoms with Crippen molar-refractivity contribution >= 4 is 22.9 Å². The normalized spacial score (nSPS) is 14.9. The maximum absolute atomic E-state index is 13.8. The second-order valence-corrected chi connectivity index (χ2v) is 11.8. The fourth-order valence-corrected chi connectivity index (χ4v) is 6.25. The Hall–Kier alpha value is -4.47. The minimum atomic E-state index is -0.259. The van der Waals surface area contributed by atoms with Crippen molar-refractivity contribution in [2.24, 2.45) is 0 Å². The van der Waals surface area contributed by atoms with E-state index in [-0.39, 0.29) is 24.2 Å². The van der Waals surface area contributed by atoms with Gasteiger partial charge >= 0.3 is 0 Å². The van der Waals surface area contributed by atoms with Crippen LogP contribution in [0.15, 0.2) is 95.4 Å². The van der Waals surface area contributed by atoms with Gasteiger partial charge in [0.05, 0.1) is 17.6 Å². The van der Waals surface area contributed by atoms with Crippen molar-refractivity contribution in [3.63, 3.8) is 0 Å². The topological polar surface area (TPSA) is 78.0 Å². The van der Waals surface area contributed by atoms with Crippen molar-refractivity contribution in [1.82, 2.24) is 19.4 Å². The first-order valence-corrected chi connectivity index (χ1v) is 15.7. The second-order valence-electron chi connectivity index (χ2n) is 11.8. The molecule has 0 spiro atoms. The first-order valence-electron chi connectivity index (χ1n) is 15.7. The molecule has 1 unspecified atom stereocenters. The molecule has 0 aliphatic carbocycles. The van der Waals surface area contributed by atoms with E-state index in [9.17, 15) is 14.3 Å². The smallest absolute Gasteiger partial charge is 0.253 e. The third kappa shape index (κ3) is 7.27. The summed E-state index contributed by atoms with van der Waals surface area (Å²) >= 11 is 0. The maximum atomic E-state index is 13.8. The quantitative estimate of drug-likeness (QED) is 0.205. The van der Waals surface area contributed by atoms with Crippen LogP contribution in [-0.4, -0.2) is 76.7 Å². The summed E-state index contributed by atoms with van der Waals surface area (Å²) in [5, 5.41) is 9.47. The lowest BCUT2D eigenvalue weighted by Gasteiger charge is -2.28. The lowest BCUT2D eigenvalue weighted by Crippen LogP contribution is -2.35. The Bertz CT molecular complexity index is 1700. The largest absolute Gasteiger partial charge is 0.462 e. The van der Waals surface area contributed by atoms with Crippen LogP contribution in [0.4, 0.5) is 10.3 Å². The SMILES string of the molecule is CN(CC(CCN1CCCN(c2nc3ccccc3n2Cc2ccc(CO)o2)CC1)c1ccc(F)cc1)C(=O)c1ccccc1. The lowest BCUT2D eigenvalue weighted by atomic mass is 9.94. The van der Waals surface area contributed by atoms with Crippen molar-refractivity contribution in [3.05, 3.63) is 119 Å². The van der Waals surface area contributed by atoms with E-state index in [1.54, 1.807) is 4.90 Å². The summed E-state index contributed by atoms with van der Waals surface area (Å²) in [7, 11) is 1.84. The number of hydrogen-bond acceptors (Lipinski definition) is 6. The molecule has 0 bridgehead atoms. The number of fused-ring (bicyclic) bond motifs is 1. The Balaban J connectivity index is 1.14. The number of furan rings is 1. The predicted molar refractivity (Wildman–Crippen MR) is 174 cm³/mol. The van der Waals surface area contributed by atoms with Crippen molar-refractivity contribution in [2.75, 3.05) is 51.2 Å². The van der Waals surface area contributed by atoms with Gasteiger partial charge in [0.25, 0.3) is 5.91 Å². The van der Waals surface area contributed by atoms with Crippen LogP contribution in [-0.2, 0) is 13.2 Å². The number of aliphatic hydroxyl groups is 1. The Labute approximate surface area is 263 Å². The molecule has 1 aliphatic rings. The summed E-state index contributed by atoms with van der Waals surface area (Å²) in [6, 6.07) is 27.9. The number of aromatic nitrogens is 2. The number of anilines is 1. The number of carbonyl (C=O) groups excluding carboxylic acids is 1. The first kappa shape index (κ1) is 30.6. The number of para-hydroxylation sites is 2. The number of carbonyl (C=O) groups is 1. The number of halogens is 1. The fourth-order valence-electron chi connectivity index (χ4n) is 6.25. The Morgan fingerprint density at radius 3 is 2.47 bits per heavy atom. The molecule has 45 heavy (non-hydrogen) atoms. The van der Waals surface area contributed by atoms with Gasteiger partial charge in [0, 0.05) is 44.7 Å². The molecule has 0 radical (unpaired) electrons. The van der Waals surface area contributed by atoms with E-state index in [1.807, 2.05) is 79.8 Å². The lowest BCUT2D eigenvalue weighted by molar-refractivity contribution is 0.0782. The Morgan fingerprint density at radius 1 is 0.933 bits per heavy atom. The molecular formula is C36H40FN5O3. The van der Waals surface area contributed by atoms with Crippen molar-refractivity contribution in [2.45, 2.75) is 31.9 Å². The van der Waals surface area contributed by atoms with Crippen LogP contribution in [0.1, 0.15) is 46.2 Å². The van der Waals surface area contributed by atoms with Crippen LogP contribution < -0.4 is 4.90 Å². The molecule has 5 aromatic rings. The first-order chi connectivity index (χ1) is 22.0. The average Bonchev–Trinajstić information content (AvgIpc) is 3.60. The third-order valence-corrected chi connectivity index (χ3v) is 8.69. The van der Waals surface area contributed by atoms with Crippen LogP contribution in [0.25, 0.3) is 11.0 Å². The molecule has 1 amide bonds. The van der Waals surface area contributed by atoms with Gasteiger partial charge in [-0.05, 0) is 80.0 Å². The molecule has 1 aliphatic heterocycles. The van der Waals surface area contributed by atoms with Gasteiger partial charge in [-0.1, -0.05) is 42.5 Å². The minimum Gasteiger partial charge on any atom is -0.462 e. The molecule has 3 aromatic carbocycles. The molecule has 6 rings (SSSR count). The molecule has 1 N–H and O–H groups in total. The summed E-state index contributed by atoms with van der Waals surface area (Å²) in [6.45, 7) is 5.39. The minimum absolute atomic E-state index is 0.0156. The van der Waals surface area contributed by atoms with E-state index in [4.69, 9.17) is 9.40 Å². The molecular weight excluding hydrogens is 569 g/mol. The number of aliphatic hydroxyl groups excluding tert-OH is 1. The number of likely N-dealkylation sites (N-methyl/N-ethyl adjacent to an activating group) is 1. The van der Waals surface area contributed by atoms with Gasteiger partial charge in [-0.15, -0.1) is 0 Å². The molecule has 1 saturated heterocycles. The van der Waals surface area contributed by atoms with Gasteiger partial charge in [0.2, 0.25) is 5.95 Å². The highest BCUT2D eigenvalue weighted by Gasteiger charge is 2.24. The fraction of sp³-hybridized carbons (Fsp3) is 0.333. The molecule has 2 aromatic heterocycles. The number of nitrogens with zero attached hydrogens (tertiary/aromatic N) is 5. The van der Waals surface area contributed by atoms with E-state index in [2.05, 4.69) is 20.4 Å². The van der Waals surface area contributed by atoms with E-state index in [0.29, 0.717) is 24.4 Å². The predicted octanol–water partition coefficient (Wildman–Crippen LogP) is 5.77. The van der Waals surface area contributed by atoms with Gasteiger partial charge in [0.1, 0.15) is 23.9 Å². The van der Waals surface area contributed by atoms with Crippen LogP contribution in [0, 0.1) is 5.82 Å². The summed E-state index contributed by atoms with van der Waals surface area (Å²) in [5.41, 5.74) is 3.69. The van der Waals surface area contributed by atoms with Gasteiger partial charge in [-0.2, -0.15) is 0 Å². The van der Waals surface area contributed by atoms with Crippen LogP contribution >= 0.6 is 0 Å². The zero-order chi connectivity index (χ0) is 31.2. The standard InChI is InChI=1S/C36H40FN5O3/c1-39(35(44)28-8-3-2-4-9-28)24-29(27-12-14-30(37)15-13-27)18-21-40-19-7-20-41(23-22-40)36-38-33-10-5-6-11-34(33)42(36)25-31-16-17-32(26-43)45-31/h2-6,8-17,29,43H,7,18-26H2,1H3. The highest BCUT2D eigenvalue weighted by Crippen LogP contribution is 2.27. The number of hydrogen-bond donors (Lipinski definition) is 1. The van der Waals surface area contributed by atoms with E-state index in [1.165, 1.54) is 12.1 Å².